The smallest absolute Gasteiger partial charge is 0.308 e. The molecule has 0 aliphatic rings. The van der Waals surface area contributed by atoms with E-state index in [1.807, 2.05) is 30.3 Å². The van der Waals surface area contributed by atoms with Gasteiger partial charge in [-0.1, -0.05) is 45.0 Å². The highest BCUT2D eigenvalue weighted by molar-refractivity contribution is 5.69. The van der Waals surface area contributed by atoms with Crippen molar-refractivity contribution in [3.63, 3.8) is 0 Å². The van der Waals surface area contributed by atoms with Crippen LogP contribution in [-0.4, -0.2) is 13.1 Å². The fraction of sp³-hybridized carbons (Fsp3) is 0.350. The second kappa shape index (κ2) is 6.86. The van der Waals surface area contributed by atoms with E-state index in [0.717, 1.165) is 12.2 Å². The molecule has 0 radical (unpaired) electrons. The molecule has 3 heteroatoms. The van der Waals surface area contributed by atoms with Gasteiger partial charge in [-0.2, -0.15) is 0 Å². The van der Waals surface area contributed by atoms with Gasteiger partial charge in [0.15, 0.2) is 0 Å². The van der Waals surface area contributed by atoms with E-state index < -0.39 is 0 Å². The van der Waals surface area contributed by atoms with E-state index in [9.17, 15) is 4.79 Å². The number of methoxy groups -OCH3 is 1. The molecule has 0 bridgehead atoms. The predicted octanol–water partition coefficient (Wildman–Crippen LogP) is 4.51. The van der Waals surface area contributed by atoms with Crippen molar-refractivity contribution in [1.29, 1.82) is 0 Å². The third-order valence-corrected chi connectivity index (χ3v) is 4.22. The Labute approximate surface area is 138 Å². The summed E-state index contributed by atoms with van der Waals surface area (Å²) >= 11 is 0. The second-order valence-electron chi connectivity index (χ2n) is 6.12. The van der Waals surface area contributed by atoms with Crippen LogP contribution < -0.4 is 9.47 Å². The summed E-state index contributed by atoms with van der Waals surface area (Å²) in [7, 11) is 1.70. The number of hydrogen-bond donors (Lipinski definition) is 0. The maximum atomic E-state index is 11.0. The summed E-state index contributed by atoms with van der Waals surface area (Å²) in [6.07, 6.45) is 0.929. The summed E-state index contributed by atoms with van der Waals surface area (Å²) < 4.78 is 10.5. The fourth-order valence-corrected chi connectivity index (χ4v) is 2.72. The minimum atomic E-state index is -0.306. The lowest BCUT2D eigenvalue weighted by atomic mass is 9.77. The number of hydrogen-bond acceptors (Lipinski definition) is 3. The van der Waals surface area contributed by atoms with Gasteiger partial charge < -0.3 is 9.47 Å². The van der Waals surface area contributed by atoms with Crippen LogP contribution in [0.5, 0.6) is 11.5 Å². The van der Waals surface area contributed by atoms with Crippen LogP contribution in [0.1, 0.15) is 44.4 Å². The fourth-order valence-electron chi connectivity index (χ4n) is 2.72. The Balaban J connectivity index is 2.35. The minimum absolute atomic E-state index is 0.148. The summed E-state index contributed by atoms with van der Waals surface area (Å²) in [4.78, 5) is 11.0. The van der Waals surface area contributed by atoms with Gasteiger partial charge >= 0.3 is 5.97 Å². The van der Waals surface area contributed by atoms with E-state index in [1.54, 1.807) is 7.11 Å². The van der Waals surface area contributed by atoms with Crippen LogP contribution in [0.15, 0.2) is 42.5 Å². The zero-order valence-electron chi connectivity index (χ0n) is 14.5. The molecule has 0 amide bonds. The summed E-state index contributed by atoms with van der Waals surface area (Å²) in [5, 5.41) is 0. The molecule has 0 heterocycles. The van der Waals surface area contributed by atoms with Gasteiger partial charge in [-0.25, -0.2) is 0 Å². The zero-order valence-corrected chi connectivity index (χ0v) is 14.5. The van der Waals surface area contributed by atoms with E-state index in [2.05, 4.69) is 32.9 Å². The molecular weight excluding hydrogens is 288 g/mol. The van der Waals surface area contributed by atoms with E-state index in [0.29, 0.717) is 5.75 Å². The molecule has 0 aliphatic heterocycles. The van der Waals surface area contributed by atoms with Gasteiger partial charge in [0.1, 0.15) is 11.5 Å². The largest absolute Gasteiger partial charge is 0.496 e. The van der Waals surface area contributed by atoms with Crippen LogP contribution in [0.25, 0.3) is 0 Å². The molecule has 0 unspecified atom stereocenters. The third-order valence-electron chi connectivity index (χ3n) is 4.22. The van der Waals surface area contributed by atoms with Crippen molar-refractivity contribution in [3.8, 4) is 11.5 Å². The molecule has 2 aromatic carbocycles. The van der Waals surface area contributed by atoms with Crippen LogP contribution in [0.2, 0.25) is 0 Å². The monoisotopic (exact) mass is 312 g/mol. The highest BCUT2D eigenvalue weighted by atomic mass is 16.5. The number of ether oxygens (including phenoxy) is 2. The van der Waals surface area contributed by atoms with Gasteiger partial charge in [0, 0.05) is 12.3 Å². The summed E-state index contributed by atoms with van der Waals surface area (Å²) in [6, 6.07) is 14.0. The Bertz CT molecular complexity index is 685. The Morgan fingerprint density at radius 1 is 1.04 bits per heavy atom. The highest BCUT2D eigenvalue weighted by Gasteiger charge is 2.24. The maximum absolute atomic E-state index is 11.0. The van der Waals surface area contributed by atoms with Crippen molar-refractivity contribution in [2.75, 3.05) is 7.11 Å². The number of esters is 1. The van der Waals surface area contributed by atoms with Gasteiger partial charge in [-0.3, -0.25) is 4.79 Å². The number of carbonyl (C=O) groups excluding carboxylic acids is 1. The van der Waals surface area contributed by atoms with Gasteiger partial charge in [-0.05, 0) is 41.3 Å². The Morgan fingerprint density at radius 2 is 1.65 bits per heavy atom. The van der Waals surface area contributed by atoms with Crippen LogP contribution in [0.3, 0.4) is 0 Å². The van der Waals surface area contributed by atoms with Crippen molar-refractivity contribution < 1.29 is 14.3 Å². The number of carbonyl (C=O) groups is 1. The maximum Gasteiger partial charge on any atom is 0.308 e. The topological polar surface area (TPSA) is 35.5 Å². The first-order valence-electron chi connectivity index (χ1n) is 7.84. The number of aryl methyl sites for hydroxylation is 1. The van der Waals surface area contributed by atoms with Crippen LogP contribution in [-0.2, 0) is 16.6 Å². The SMILES string of the molecule is CCc1cc(C(C)(C)c2ccc(OC(C)=O)cc2)ccc1OC. The molecule has 0 spiro atoms. The lowest BCUT2D eigenvalue weighted by Crippen LogP contribution is -2.19. The average Bonchev–Trinajstić information content (AvgIpc) is 2.54. The summed E-state index contributed by atoms with van der Waals surface area (Å²) in [6.45, 7) is 7.91. The first-order valence-corrected chi connectivity index (χ1v) is 7.84. The van der Waals surface area contributed by atoms with Crippen molar-refractivity contribution in [3.05, 3.63) is 59.2 Å². The first-order chi connectivity index (χ1) is 10.9. The third kappa shape index (κ3) is 3.73. The van der Waals surface area contributed by atoms with E-state index in [-0.39, 0.29) is 11.4 Å². The molecule has 0 aliphatic carbocycles. The number of benzene rings is 2. The van der Waals surface area contributed by atoms with Crippen LogP contribution in [0.4, 0.5) is 0 Å². The molecule has 2 aromatic rings. The lowest BCUT2D eigenvalue weighted by molar-refractivity contribution is -0.131. The Kier molecular flexibility index (Phi) is 5.09. The zero-order chi connectivity index (χ0) is 17.0. The summed E-state index contributed by atoms with van der Waals surface area (Å²) in [5.74, 6) is 1.19. The molecule has 2 rings (SSSR count). The van der Waals surface area contributed by atoms with E-state index >= 15 is 0 Å². The molecule has 0 saturated carbocycles. The van der Waals surface area contributed by atoms with Gasteiger partial charge in [0.25, 0.3) is 0 Å². The molecule has 23 heavy (non-hydrogen) atoms. The molecular formula is C20H24O3. The molecule has 0 fully saturated rings. The van der Waals surface area contributed by atoms with E-state index in [1.165, 1.54) is 23.6 Å². The van der Waals surface area contributed by atoms with Gasteiger partial charge in [0.05, 0.1) is 7.11 Å². The standard InChI is InChI=1S/C20H24O3/c1-6-15-13-17(9-12-19(15)22-5)20(3,4)16-7-10-18(11-8-16)23-14(2)21/h7-13H,6H2,1-5H3. The van der Waals surface area contributed by atoms with E-state index in [4.69, 9.17) is 9.47 Å². The summed E-state index contributed by atoms with van der Waals surface area (Å²) in [5.41, 5.74) is 3.45. The molecule has 0 aromatic heterocycles. The van der Waals surface area contributed by atoms with Crippen molar-refractivity contribution in [1.82, 2.24) is 0 Å². The van der Waals surface area contributed by atoms with Crippen molar-refractivity contribution in [2.45, 2.75) is 39.5 Å². The normalized spacial score (nSPS) is 11.2. The second-order valence-corrected chi connectivity index (χ2v) is 6.12. The van der Waals surface area contributed by atoms with Crippen LogP contribution in [0, 0.1) is 0 Å². The van der Waals surface area contributed by atoms with Crippen molar-refractivity contribution >= 4 is 5.97 Å². The van der Waals surface area contributed by atoms with Gasteiger partial charge in [0.2, 0.25) is 0 Å². The molecule has 3 nitrogen and oxygen atoms in total. The van der Waals surface area contributed by atoms with Gasteiger partial charge in [-0.15, -0.1) is 0 Å². The molecule has 0 atom stereocenters. The quantitative estimate of drug-likeness (QED) is 0.602. The predicted molar refractivity (Wildman–Crippen MR) is 92.3 cm³/mol. The average molecular weight is 312 g/mol. The first kappa shape index (κ1) is 17.1. The Hall–Kier alpha value is -2.29. The van der Waals surface area contributed by atoms with Crippen LogP contribution >= 0.6 is 0 Å². The Morgan fingerprint density at radius 3 is 2.17 bits per heavy atom. The lowest BCUT2D eigenvalue weighted by Gasteiger charge is -2.27. The number of rotatable bonds is 5. The molecule has 0 N–H and O–H groups in total. The molecule has 122 valence electrons. The highest BCUT2D eigenvalue weighted by Crippen LogP contribution is 2.35. The minimum Gasteiger partial charge on any atom is -0.496 e. The van der Waals surface area contributed by atoms with Crippen molar-refractivity contribution in [2.24, 2.45) is 0 Å². The molecule has 0 saturated heterocycles.